The van der Waals surface area contributed by atoms with Crippen LogP contribution in [-0.4, -0.2) is 43.0 Å². The Bertz CT molecular complexity index is 1930. The van der Waals surface area contributed by atoms with Crippen molar-refractivity contribution in [1.82, 2.24) is 14.9 Å². The van der Waals surface area contributed by atoms with Crippen LogP contribution in [-0.2, 0) is 18.7 Å². The number of fused-ring (bicyclic) bond motifs is 2. The van der Waals surface area contributed by atoms with Crippen LogP contribution in [0.5, 0.6) is 23.0 Å². The number of aromatic nitrogens is 2. The number of carbonyl (C=O) groups is 1. The van der Waals surface area contributed by atoms with E-state index in [9.17, 15) is 14.0 Å². The summed E-state index contributed by atoms with van der Waals surface area (Å²) in [5, 5.41) is 3.83. The fourth-order valence-electron chi connectivity index (χ4n) is 5.02. The summed E-state index contributed by atoms with van der Waals surface area (Å²) >= 11 is 1.34. The van der Waals surface area contributed by atoms with Gasteiger partial charge in [0, 0.05) is 23.9 Å². The highest BCUT2D eigenvalue weighted by atomic mass is 32.2. The molecule has 1 aliphatic rings. The van der Waals surface area contributed by atoms with E-state index in [1.54, 1.807) is 49.1 Å². The van der Waals surface area contributed by atoms with Crippen molar-refractivity contribution in [2.75, 3.05) is 27.6 Å². The molecule has 0 aliphatic carbocycles. The predicted molar refractivity (Wildman–Crippen MR) is 169 cm³/mol. The number of rotatable bonds is 11. The number of hydrogen-bond acceptors (Lipinski definition) is 8. The molecule has 45 heavy (non-hydrogen) atoms. The summed E-state index contributed by atoms with van der Waals surface area (Å²) in [7, 11) is 3.17. The molecular formula is C34H30FN3O6S. The summed E-state index contributed by atoms with van der Waals surface area (Å²) in [5.74, 6) is 2.21. The molecule has 2 heterocycles. The summed E-state index contributed by atoms with van der Waals surface area (Å²) in [6, 6.07) is 22.5. The van der Waals surface area contributed by atoms with Crippen LogP contribution in [0, 0.1) is 5.82 Å². The second-order valence-electron chi connectivity index (χ2n) is 10.3. The number of nitrogens with one attached hydrogen (secondary N) is 1. The van der Waals surface area contributed by atoms with Crippen LogP contribution in [0.1, 0.15) is 27.0 Å². The third-order valence-corrected chi connectivity index (χ3v) is 8.42. The molecule has 230 valence electrons. The van der Waals surface area contributed by atoms with Gasteiger partial charge in [0.05, 0.1) is 31.7 Å². The Balaban J connectivity index is 1.18. The van der Waals surface area contributed by atoms with Crippen LogP contribution >= 0.6 is 11.8 Å². The van der Waals surface area contributed by atoms with Gasteiger partial charge in [0.2, 0.25) is 6.79 Å². The summed E-state index contributed by atoms with van der Waals surface area (Å²) in [4.78, 5) is 31.4. The van der Waals surface area contributed by atoms with Crippen molar-refractivity contribution in [2.45, 2.75) is 23.9 Å². The van der Waals surface area contributed by atoms with Crippen LogP contribution in [0.15, 0.2) is 88.8 Å². The molecule has 9 nitrogen and oxygen atoms in total. The molecule has 1 N–H and O–H groups in total. The molecule has 0 unspecified atom stereocenters. The first-order chi connectivity index (χ1) is 21.9. The highest BCUT2D eigenvalue weighted by Crippen LogP contribution is 2.35. The molecule has 1 amide bonds. The molecule has 0 spiro atoms. The summed E-state index contributed by atoms with van der Waals surface area (Å²) in [6.45, 7) is 0.749. The van der Waals surface area contributed by atoms with Crippen molar-refractivity contribution in [3.8, 4) is 23.0 Å². The van der Waals surface area contributed by atoms with E-state index in [-0.39, 0.29) is 30.6 Å². The van der Waals surface area contributed by atoms with E-state index in [1.165, 1.54) is 23.9 Å². The van der Waals surface area contributed by atoms with Gasteiger partial charge in [-0.15, -0.1) is 0 Å². The number of amides is 1. The SMILES string of the molecule is COc1ccc(CCNC(=O)c2ccc(Cn3c(SCc4cccc(F)c4)nc4cc5c(cc4c3=O)OCO5)cc2)cc1OC. The van der Waals surface area contributed by atoms with Crippen molar-refractivity contribution >= 4 is 28.6 Å². The highest BCUT2D eigenvalue weighted by Gasteiger charge is 2.20. The number of halogens is 1. The van der Waals surface area contributed by atoms with Gasteiger partial charge in [0.25, 0.3) is 11.5 Å². The Morgan fingerprint density at radius 1 is 0.933 bits per heavy atom. The summed E-state index contributed by atoms with van der Waals surface area (Å²) < 4.78 is 37.0. The smallest absolute Gasteiger partial charge is 0.262 e. The highest BCUT2D eigenvalue weighted by molar-refractivity contribution is 7.98. The molecule has 0 atom stereocenters. The number of nitrogens with zero attached hydrogens (tertiary/aromatic N) is 2. The van der Waals surface area contributed by atoms with Gasteiger partial charge in [-0.2, -0.15) is 0 Å². The van der Waals surface area contributed by atoms with E-state index in [1.807, 2.05) is 36.4 Å². The van der Waals surface area contributed by atoms with Crippen LogP contribution in [0.4, 0.5) is 4.39 Å². The van der Waals surface area contributed by atoms with E-state index in [0.29, 0.717) is 63.3 Å². The van der Waals surface area contributed by atoms with E-state index < -0.39 is 0 Å². The third kappa shape index (κ3) is 6.73. The average molecular weight is 628 g/mol. The first kappa shape index (κ1) is 30.0. The molecule has 0 radical (unpaired) electrons. The topological polar surface area (TPSA) is 101 Å². The van der Waals surface area contributed by atoms with Gasteiger partial charge in [-0.05, 0) is 65.6 Å². The van der Waals surface area contributed by atoms with Gasteiger partial charge in [-0.1, -0.05) is 42.1 Å². The standard InChI is InChI=1S/C34H30FN3O6S/c1-41-28-11-8-21(15-29(28)42-2)12-13-36-32(39)24-9-6-22(7-10-24)18-38-33(40)26-16-30-31(44-20-43-30)17-27(26)37-34(38)45-19-23-4-3-5-25(35)14-23/h3-11,14-17H,12-13,18-20H2,1-2H3,(H,36,39). The second kappa shape index (κ2) is 13.3. The van der Waals surface area contributed by atoms with Crippen molar-refractivity contribution in [3.63, 3.8) is 0 Å². The molecule has 0 saturated heterocycles. The number of thioether (sulfide) groups is 1. The quantitative estimate of drug-likeness (QED) is 0.149. The fourth-order valence-corrected chi connectivity index (χ4v) is 5.96. The van der Waals surface area contributed by atoms with E-state index in [0.717, 1.165) is 16.7 Å². The van der Waals surface area contributed by atoms with Gasteiger partial charge >= 0.3 is 0 Å². The maximum Gasteiger partial charge on any atom is 0.262 e. The lowest BCUT2D eigenvalue weighted by Crippen LogP contribution is -2.26. The zero-order chi connectivity index (χ0) is 31.3. The van der Waals surface area contributed by atoms with Gasteiger partial charge < -0.3 is 24.3 Å². The Kier molecular flexibility index (Phi) is 8.88. The maximum atomic E-state index is 13.8. The molecule has 0 bridgehead atoms. The first-order valence-corrected chi connectivity index (χ1v) is 15.2. The number of methoxy groups -OCH3 is 2. The molecule has 5 aromatic rings. The van der Waals surface area contributed by atoms with E-state index in [4.69, 9.17) is 23.9 Å². The molecular weight excluding hydrogens is 597 g/mol. The minimum absolute atomic E-state index is 0.0805. The van der Waals surface area contributed by atoms with Crippen LogP contribution < -0.4 is 29.8 Å². The summed E-state index contributed by atoms with van der Waals surface area (Å²) in [6.07, 6.45) is 0.624. The van der Waals surface area contributed by atoms with E-state index in [2.05, 4.69) is 5.32 Å². The lowest BCUT2D eigenvalue weighted by Gasteiger charge is -2.14. The van der Waals surface area contributed by atoms with Gasteiger partial charge in [-0.25, -0.2) is 9.37 Å². The van der Waals surface area contributed by atoms with E-state index >= 15 is 0 Å². The van der Waals surface area contributed by atoms with Crippen LogP contribution in [0.3, 0.4) is 0 Å². The molecule has 0 saturated carbocycles. The molecule has 1 aliphatic heterocycles. The Labute approximate surface area is 262 Å². The Hall–Kier alpha value is -5.03. The number of hydrogen-bond donors (Lipinski definition) is 1. The molecule has 0 fully saturated rings. The first-order valence-electron chi connectivity index (χ1n) is 14.2. The van der Waals surface area contributed by atoms with Gasteiger partial charge in [-0.3, -0.25) is 14.2 Å². The Morgan fingerprint density at radius 3 is 2.44 bits per heavy atom. The molecule has 4 aromatic carbocycles. The monoisotopic (exact) mass is 627 g/mol. The maximum absolute atomic E-state index is 13.8. The lowest BCUT2D eigenvalue weighted by atomic mass is 10.1. The molecule has 1 aromatic heterocycles. The molecule has 11 heteroatoms. The van der Waals surface area contributed by atoms with Crippen LogP contribution in [0.25, 0.3) is 10.9 Å². The zero-order valence-electron chi connectivity index (χ0n) is 24.7. The van der Waals surface area contributed by atoms with Crippen molar-refractivity contribution in [1.29, 1.82) is 0 Å². The average Bonchev–Trinajstić information content (AvgIpc) is 3.52. The van der Waals surface area contributed by atoms with Crippen molar-refractivity contribution in [3.05, 3.63) is 117 Å². The van der Waals surface area contributed by atoms with Crippen molar-refractivity contribution < 1.29 is 28.1 Å². The number of carbonyl (C=O) groups excluding carboxylic acids is 1. The van der Waals surface area contributed by atoms with Gasteiger partial charge in [0.1, 0.15) is 5.82 Å². The fraction of sp³-hybridized carbons (Fsp3) is 0.206. The van der Waals surface area contributed by atoms with Crippen molar-refractivity contribution in [2.24, 2.45) is 0 Å². The third-order valence-electron chi connectivity index (χ3n) is 7.37. The molecule has 6 rings (SSSR count). The second-order valence-corrected chi connectivity index (χ2v) is 11.3. The Morgan fingerprint density at radius 2 is 1.69 bits per heavy atom. The van der Waals surface area contributed by atoms with Gasteiger partial charge in [0.15, 0.2) is 28.2 Å². The summed E-state index contributed by atoms with van der Waals surface area (Å²) in [5.41, 5.74) is 3.34. The predicted octanol–water partition coefficient (Wildman–Crippen LogP) is 5.59. The zero-order valence-corrected chi connectivity index (χ0v) is 25.5. The minimum Gasteiger partial charge on any atom is -0.493 e. The largest absolute Gasteiger partial charge is 0.493 e. The lowest BCUT2D eigenvalue weighted by molar-refractivity contribution is 0.0954. The van der Waals surface area contributed by atoms with Crippen LogP contribution in [0.2, 0.25) is 0 Å². The minimum atomic E-state index is -0.324. The normalized spacial score (nSPS) is 11.9. The number of ether oxygens (including phenoxy) is 4. The number of benzene rings is 4.